The van der Waals surface area contributed by atoms with Gasteiger partial charge in [0.25, 0.3) is 0 Å². The Labute approximate surface area is 114 Å². The van der Waals surface area contributed by atoms with Crippen LogP contribution in [0.4, 0.5) is 13.2 Å². The van der Waals surface area contributed by atoms with Gasteiger partial charge in [-0.3, -0.25) is 4.79 Å². The van der Waals surface area contributed by atoms with Gasteiger partial charge in [-0.05, 0) is 45.3 Å². The van der Waals surface area contributed by atoms with Crippen molar-refractivity contribution in [3.8, 4) is 0 Å². The third-order valence-corrected chi connectivity index (χ3v) is 2.75. The molecule has 0 aliphatic carbocycles. The van der Waals surface area contributed by atoms with Crippen LogP contribution in [0.15, 0.2) is 0 Å². The number of aliphatic carboxylic acids is 2. The number of alkyl halides is 3. The van der Waals surface area contributed by atoms with Gasteiger partial charge in [0.1, 0.15) is 6.04 Å². The van der Waals surface area contributed by atoms with Gasteiger partial charge in [0.05, 0.1) is 0 Å². The third kappa shape index (κ3) is 8.70. The summed E-state index contributed by atoms with van der Waals surface area (Å²) in [4.78, 5) is 21.7. The second-order valence-electron chi connectivity index (χ2n) is 4.44. The molecule has 118 valence electrons. The molecule has 6 nitrogen and oxygen atoms in total. The van der Waals surface area contributed by atoms with Crippen LogP contribution in [0.3, 0.4) is 0 Å². The molecule has 1 heterocycles. The fourth-order valence-electron chi connectivity index (χ4n) is 1.66. The standard InChI is InChI=1S/C9H18N2O2.C2HF3O2/c10-8(9(12)13)4-3-7-11-5-1-2-6-11;3-2(4,5)1(6)7/h8H,1-7,10H2,(H,12,13);(H,6,7). The lowest BCUT2D eigenvalue weighted by Gasteiger charge is -2.14. The summed E-state index contributed by atoms with van der Waals surface area (Å²) in [5.74, 6) is -3.64. The number of likely N-dealkylation sites (tertiary alicyclic amines) is 1. The van der Waals surface area contributed by atoms with Crippen molar-refractivity contribution in [2.45, 2.75) is 37.9 Å². The average Bonchev–Trinajstić information content (AvgIpc) is 2.81. The summed E-state index contributed by atoms with van der Waals surface area (Å²) in [5, 5.41) is 15.7. The monoisotopic (exact) mass is 300 g/mol. The van der Waals surface area contributed by atoms with E-state index < -0.39 is 24.2 Å². The molecule has 1 saturated heterocycles. The van der Waals surface area contributed by atoms with Gasteiger partial charge >= 0.3 is 18.1 Å². The molecule has 1 aliphatic heterocycles. The minimum Gasteiger partial charge on any atom is -0.480 e. The van der Waals surface area contributed by atoms with Crippen molar-refractivity contribution in [2.24, 2.45) is 5.73 Å². The van der Waals surface area contributed by atoms with Crippen molar-refractivity contribution in [2.75, 3.05) is 19.6 Å². The van der Waals surface area contributed by atoms with Crippen LogP contribution in [0.5, 0.6) is 0 Å². The van der Waals surface area contributed by atoms with Crippen molar-refractivity contribution >= 4 is 11.9 Å². The lowest BCUT2D eigenvalue weighted by atomic mass is 10.1. The molecule has 20 heavy (non-hydrogen) atoms. The molecule has 1 atom stereocenters. The Bertz CT molecular complexity index is 317. The van der Waals surface area contributed by atoms with Gasteiger partial charge in [-0.2, -0.15) is 13.2 Å². The first kappa shape index (κ1) is 18.7. The maximum atomic E-state index is 10.6. The van der Waals surface area contributed by atoms with Gasteiger partial charge in [-0.25, -0.2) is 4.79 Å². The first-order valence-corrected chi connectivity index (χ1v) is 6.15. The van der Waals surface area contributed by atoms with E-state index in [4.69, 9.17) is 20.7 Å². The number of hydrogen-bond acceptors (Lipinski definition) is 4. The van der Waals surface area contributed by atoms with Gasteiger partial charge < -0.3 is 20.8 Å². The van der Waals surface area contributed by atoms with Gasteiger partial charge in [0.15, 0.2) is 0 Å². The predicted molar refractivity (Wildman–Crippen MR) is 64.2 cm³/mol. The number of hydrogen-bond donors (Lipinski definition) is 3. The molecule has 9 heteroatoms. The summed E-state index contributed by atoms with van der Waals surface area (Å²) in [5.41, 5.74) is 5.38. The van der Waals surface area contributed by atoms with Crippen LogP contribution in [0.25, 0.3) is 0 Å². The smallest absolute Gasteiger partial charge is 0.480 e. The third-order valence-electron chi connectivity index (χ3n) is 2.75. The number of rotatable bonds is 5. The first-order valence-electron chi connectivity index (χ1n) is 6.15. The van der Waals surface area contributed by atoms with Crippen molar-refractivity contribution in [3.05, 3.63) is 0 Å². The number of halogens is 3. The fourth-order valence-corrected chi connectivity index (χ4v) is 1.66. The van der Waals surface area contributed by atoms with E-state index in [2.05, 4.69) is 4.90 Å². The molecular weight excluding hydrogens is 281 g/mol. The molecule has 4 N–H and O–H groups in total. The molecule has 0 aromatic carbocycles. The van der Waals surface area contributed by atoms with Gasteiger partial charge in [-0.15, -0.1) is 0 Å². The minimum atomic E-state index is -5.08. The Balaban J connectivity index is 0.000000441. The SMILES string of the molecule is NC(CCCN1CCCC1)C(=O)O.O=C(O)C(F)(F)F. The fraction of sp³-hybridized carbons (Fsp3) is 0.818. The molecule has 0 radical (unpaired) electrons. The van der Waals surface area contributed by atoms with Crippen LogP contribution in [-0.2, 0) is 9.59 Å². The van der Waals surface area contributed by atoms with Crippen molar-refractivity contribution in [3.63, 3.8) is 0 Å². The maximum Gasteiger partial charge on any atom is 0.490 e. The minimum absolute atomic E-state index is 0.589. The molecule has 0 saturated carbocycles. The molecule has 1 unspecified atom stereocenters. The normalized spacial score (nSPS) is 17.2. The van der Waals surface area contributed by atoms with Gasteiger partial charge in [0.2, 0.25) is 0 Å². The second kappa shape index (κ2) is 8.75. The maximum absolute atomic E-state index is 10.6. The lowest BCUT2D eigenvalue weighted by molar-refractivity contribution is -0.192. The van der Waals surface area contributed by atoms with Gasteiger partial charge in [-0.1, -0.05) is 0 Å². The zero-order chi connectivity index (χ0) is 15.8. The summed E-state index contributed by atoms with van der Waals surface area (Å²) >= 11 is 0. The Kier molecular flexibility index (Phi) is 8.16. The summed E-state index contributed by atoms with van der Waals surface area (Å²) in [6.45, 7) is 3.34. The van der Waals surface area contributed by atoms with E-state index in [1.165, 1.54) is 25.9 Å². The summed E-state index contributed by atoms with van der Waals surface area (Å²) in [6.07, 6.45) is -1.03. The Morgan fingerprint density at radius 2 is 1.65 bits per heavy atom. The van der Waals surface area contributed by atoms with Crippen molar-refractivity contribution in [1.29, 1.82) is 0 Å². The predicted octanol–water partition coefficient (Wildman–Crippen LogP) is 0.908. The molecule has 0 bridgehead atoms. The molecule has 1 aliphatic rings. The van der Waals surface area contributed by atoms with E-state index in [1.807, 2.05) is 0 Å². The van der Waals surface area contributed by atoms with Gasteiger partial charge in [0, 0.05) is 0 Å². The van der Waals surface area contributed by atoms with E-state index in [-0.39, 0.29) is 0 Å². The highest BCUT2D eigenvalue weighted by molar-refractivity contribution is 5.73. The van der Waals surface area contributed by atoms with E-state index >= 15 is 0 Å². The highest BCUT2D eigenvalue weighted by Crippen LogP contribution is 2.13. The van der Waals surface area contributed by atoms with Crippen LogP contribution in [-0.4, -0.2) is 58.9 Å². The molecular formula is C11H19F3N2O4. The molecule has 0 aromatic heterocycles. The summed E-state index contributed by atoms with van der Waals surface area (Å²) in [6, 6.07) is -0.678. The zero-order valence-corrected chi connectivity index (χ0v) is 10.9. The van der Waals surface area contributed by atoms with Crippen LogP contribution >= 0.6 is 0 Å². The van der Waals surface area contributed by atoms with Crippen LogP contribution in [0.1, 0.15) is 25.7 Å². The molecule has 0 aromatic rings. The van der Waals surface area contributed by atoms with Crippen LogP contribution in [0, 0.1) is 0 Å². The highest BCUT2D eigenvalue weighted by Gasteiger charge is 2.38. The van der Waals surface area contributed by atoms with E-state index in [1.54, 1.807) is 0 Å². The molecule has 1 fully saturated rings. The Morgan fingerprint density at radius 1 is 1.20 bits per heavy atom. The average molecular weight is 300 g/mol. The molecule has 0 spiro atoms. The van der Waals surface area contributed by atoms with E-state index in [0.717, 1.165) is 13.0 Å². The lowest BCUT2D eigenvalue weighted by Crippen LogP contribution is -2.31. The molecule has 0 amide bonds. The largest absolute Gasteiger partial charge is 0.490 e. The number of carbonyl (C=O) groups is 2. The quantitative estimate of drug-likeness (QED) is 0.697. The zero-order valence-electron chi connectivity index (χ0n) is 10.9. The number of carboxylic acids is 2. The Morgan fingerprint density at radius 3 is 2.00 bits per heavy atom. The van der Waals surface area contributed by atoms with E-state index in [9.17, 15) is 18.0 Å². The highest BCUT2D eigenvalue weighted by atomic mass is 19.4. The van der Waals surface area contributed by atoms with Crippen molar-refractivity contribution in [1.82, 2.24) is 4.90 Å². The number of carboxylic acid groups (broad SMARTS) is 2. The number of nitrogens with two attached hydrogens (primary N) is 1. The summed E-state index contributed by atoms with van der Waals surface area (Å²) < 4.78 is 31.7. The van der Waals surface area contributed by atoms with Crippen LogP contribution < -0.4 is 5.73 Å². The second-order valence-corrected chi connectivity index (χ2v) is 4.44. The van der Waals surface area contributed by atoms with Crippen LogP contribution in [0.2, 0.25) is 0 Å². The number of nitrogens with zero attached hydrogens (tertiary/aromatic N) is 1. The van der Waals surface area contributed by atoms with E-state index in [0.29, 0.717) is 6.42 Å². The van der Waals surface area contributed by atoms with Crippen molar-refractivity contribution < 1.29 is 33.0 Å². The summed E-state index contributed by atoms with van der Waals surface area (Å²) in [7, 11) is 0. The Hall–Kier alpha value is -1.35. The topological polar surface area (TPSA) is 104 Å². The molecule has 1 rings (SSSR count). The first-order chi connectivity index (χ1) is 9.14.